The number of halogens is 1. The fourth-order valence-corrected chi connectivity index (χ4v) is 2.96. The molecule has 1 rings (SSSR count). The van der Waals surface area contributed by atoms with Gasteiger partial charge in [0.2, 0.25) is 0 Å². The lowest BCUT2D eigenvalue weighted by Crippen LogP contribution is -2.43. The highest BCUT2D eigenvalue weighted by Crippen LogP contribution is 2.32. The third kappa shape index (κ3) is 3.13. The minimum absolute atomic E-state index is 0.473. The highest BCUT2D eigenvalue weighted by atomic mass is 127. The molecular formula is C7H15INOP. The molecule has 1 heterocycles. The second kappa shape index (κ2) is 4.95. The molecular weight excluding hydrogens is 272 g/mol. The van der Waals surface area contributed by atoms with Gasteiger partial charge >= 0.3 is 0 Å². The quantitative estimate of drug-likeness (QED) is 0.569. The van der Waals surface area contributed by atoms with Gasteiger partial charge in [0.25, 0.3) is 0 Å². The highest BCUT2D eigenvalue weighted by Gasteiger charge is 2.23. The topological polar surface area (TPSA) is 12.5 Å². The molecule has 3 unspecified atom stereocenters. The number of morpholine rings is 1. The zero-order valence-corrected chi connectivity index (χ0v) is 10.2. The van der Waals surface area contributed by atoms with Crippen LogP contribution in [0, 0.1) is 0 Å². The van der Waals surface area contributed by atoms with Crippen molar-refractivity contribution in [2.45, 2.75) is 25.3 Å². The standard InChI is InChI=1S/C7H15INOP/c1-3-6-4-9(2)5-7(10-6)11-8/h6-7,11H,3-5H2,1-2H3. The molecule has 1 aliphatic rings. The zero-order chi connectivity index (χ0) is 8.27. The minimum Gasteiger partial charge on any atom is -0.367 e. The predicted octanol–water partition coefficient (Wildman–Crippen LogP) is 2.08. The molecule has 1 fully saturated rings. The van der Waals surface area contributed by atoms with E-state index in [9.17, 15) is 0 Å². The Morgan fingerprint density at radius 2 is 2.36 bits per heavy atom. The number of hydrogen-bond donors (Lipinski definition) is 0. The van der Waals surface area contributed by atoms with Gasteiger partial charge in [0.15, 0.2) is 0 Å². The molecule has 0 N–H and O–H groups in total. The average molecular weight is 287 g/mol. The van der Waals surface area contributed by atoms with Crippen LogP contribution in [0.4, 0.5) is 0 Å². The lowest BCUT2D eigenvalue weighted by molar-refractivity contribution is -0.0391. The molecule has 0 saturated carbocycles. The number of ether oxygens (including phenoxy) is 1. The summed E-state index contributed by atoms with van der Waals surface area (Å²) in [6, 6.07) is 0. The van der Waals surface area contributed by atoms with E-state index in [1.165, 1.54) is 0 Å². The number of likely N-dealkylation sites (N-methyl/N-ethyl adjacent to an activating group) is 1. The third-order valence-electron chi connectivity index (χ3n) is 1.93. The fourth-order valence-electron chi connectivity index (χ4n) is 1.31. The Hall–Kier alpha value is 1.08. The second-order valence-corrected chi connectivity index (χ2v) is 5.72. The van der Waals surface area contributed by atoms with E-state index in [4.69, 9.17) is 4.74 Å². The Morgan fingerprint density at radius 1 is 1.64 bits per heavy atom. The molecule has 3 atom stereocenters. The first-order valence-electron chi connectivity index (χ1n) is 3.96. The average Bonchev–Trinajstić information content (AvgIpc) is 2.03. The minimum atomic E-state index is 0.473. The van der Waals surface area contributed by atoms with Crippen molar-refractivity contribution in [1.82, 2.24) is 4.90 Å². The van der Waals surface area contributed by atoms with Crippen molar-refractivity contribution in [2.75, 3.05) is 20.1 Å². The molecule has 0 aromatic heterocycles. The van der Waals surface area contributed by atoms with Crippen molar-refractivity contribution in [3.8, 4) is 0 Å². The Kier molecular flexibility index (Phi) is 4.57. The van der Waals surface area contributed by atoms with E-state index in [1.54, 1.807) is 0 Å². The van der Waals surface area contributed by atoms with Crippen LogP contribution in [-0.4, -0.2) is 37.0 Å². The van der Waals surface area contributed by atoms with Crippen LogP contribution >= 0.6 is 28.3 Å². The van der Waals surface area contributed by atoms with Gasteiger partial charge in [-0.3, -0.25) is 0 Å². The number of rotatable bonds is 2. The Bertz CT molecular complexity index is 113. The highest BCUT2D eigenvalue weighted by molar-refractivity contribution is 14.2. The summed E-state index contributed by atoms with van der Waals surface area (Å²) in [5, 5.41) is 0. The van der Waals surface area contributed by atoms with Crippen molar-refractivity contribution in [2.24, 2.45) is 0 Å². The van der Waals surface area contributed by atoms with Gasteiger partial charge in [0.05, 0.1) is 11.9 Å². The summed E-state index contributed by atoms with van der Waals surface area (Å²) in [5.41, 5.74) is 0. The molecule has 1 saturated heterocycles. The van der Waals surface area contributed by atoms with Crippen molar-refractivity contribution in [3.63, 3.8) is 0 Å². The first-order chi connectivity index (χ1) is 5.26. The van der Waals surface area contributed by atoms with Gasteiger partial charge in [0, 0.05) is 13.1 Å². The summed E-state index contributed by atoms with van der Waals surface area (Å²) < 4.78 is 5.82. The van der Waals surface area contributed by atoms with Gasteiger partial charge < -0.3 is 9.64 Å². The molecule has 0 spiro atoms. The summed E-state index contributed by atoms with van der Waals surface area (Å²) in [6.45, 7) is 4.41. The van der Waals surface area contributed by atoms with Gasteiger partial charge in [-0.1, -0.05) is 29.0 Å². The van der Waals surface area contributed by atoms with E-state index in [1.807, 2.05) is 0 Å². The van der Waals surface area contributed by atoms with E-state index < -0.39 is 0 Å². The molecule has 0 aromatic carbocycles. The molecule has 11 heavy (non-hydrogen) atoms. The molecule has 2 nitrogen and oxygen atoms in total. The molecule has 1 aliphatic heterocycles. The SMILES string of the molecule is CCC1CN(C)CC(PI)O1. The number of nitrogens with zero attached hydrogens (tertiary/aromatic N) is 1. The predicted molar refractivity (Wildman–Crippen MR) is 58.8 cm³/mol. The van der Waals surface area contributed by atoms with Crippen molar-refractivity contribution in [1.29, 1.82) is 0 Å². The molecule has 0 amide bonds. The van der Waals surface area contributed by atoms with Crippen LogP contribution in [0.15, 0.2) is 0 Å². The van der Waals surface area contributed by atoms with Gasteiger partial charge in [0.1, 0.15) is 0 Å². The first-order valence-corrected chi connectivity index (χ1v) is 8.15. The zero-order valence-electron chi connectivity index (χ0n) is 7.01. The van der Waals surface area contributed by atoms with Gasteiger partial charge in [-0.2, -0.15) is 0 Å². The summed E-state index contributed by atoms with van der Waals surface area (Å²) in [7, 11) is 2.18. The van der Waals surface area contributed by atoms with Crippen LogP contribution in [0.1, 0.15) is 13.3 Å². The van der Waals surface area contributed by atoms with Crippen molar-refractivity contribution >= 4 is 28.3 Å². The number of hydrogen-bond acceptors (Lipinski definition) is 2. The van der Waals surface area contributed by atoms with E-state index >= 15 is 0 Å². The van der Waals surface area contributed by atoms with E-state index in [0.29, 0.717) is 11.9 Å². The normalized spacial score (nSPS) is 35.2. The summed E-state index contributed by atoms with van der Waals surface area (Å²) in [5.74, 6) is 0.485. The monoisotopic (exact) mass is 287 g/mol. The van der Waals surface area contributed by atoms with E-state index in [-0.39, 0.29) is 0 Å². The maximum atomic E-state index is 5.82. The summed E-state index contributed by atoms with van der Waals surface area (Å²) >= 11 is 2.42. The maximum Gasteiger partial charge on any atom is 0.0960 e. The van der Waals surface area contributed by atoms with Crippen LogP contribution in [0.3, 0.4) is 0 Å². The summed E-state index contributed by atoms with van der Waals surface area (Å²) in [6.07, 6.45) is 2.50. The molecule has 4 heteroatoms. The van der Waals surface area contributed by atoms with Crippen LogP contribution in [0.5, 0.6) is 0 Å². The van der Waals surface area contributed by atoms with Crippen LogP contribution in [0.25, 0.3) is 0 Å². The second-order valence-electron chi connectivity index (χ2n) is 2.99. The largest absolute Gasteiger partial charge is 0.367 e. The van der Waals surface area contributed by atoms with Gasteiger partial charge in [-0.05, 0) is 19.7 Å². The first kappa shape index (κ1) is 10.2. The Balaban J connectivity index is 2.37. The van der Waals surface area contributed by atoms with E-state index in [2.05, 4.69) is 40.9 Å². The van der Waals surface area contributed by atoms with Crippen LogP contribution in [-0.2, 0) is 4.74 Å². The third-order valence-corrected chi connectivity index (χ3v) is 4.57. The Morgan fingerprint density at radius 3 is 2.91 bits per heavy atom. The van der Waals surface area contributed by atoms with Gasteiger partial charge in [-0.15, -0.1) is 0 Å². The molecule has 0 aliphatic carbocycles. The molecule has 0 aromatic rings. The maximum absolute atomic E-state index is 5.82. The lowest BCUT2D eigenvalue weighted by Gasteiger charge is -2.34. The summed E-state index contributed by atoms with van der Waals surface area (Å²) in [4.78, 5) is 2.37. The molecule has 0 radical (unpaired) electrons. The Labute approximate surface area is 83.3 Å². The smallest absolute Gasteiger partial charge is 0.0960 e. The van der Waals surface area contributed by atoms with Gasteiger partial charge in [-0.25, -0.2) is 0 Å². The van der Waals surface area contributed by atoms with Crippen molar-refractivity contribution < 1.29 is 4.74 Å². The van der Waals surface area contributed by atoms with Crippen LogP contribution < -0.4 is 0 Å². The lowest BCUT2D eigenvalue weighted by atomic mass is 10.2. The van der Waals surface area contributed by atoms with Crippen LogP contribution in [0.2, 0.25) is 0 Å². The molecule has 0 bridgehead atoms. The van der Waals surface area contributed by atoms with Crippen molar-refractivity contribution in [3.05, 3.63) is 0 Å². The van der Waals surface area contributed by atoms with E-state index in [0.717, 1.165) is 25.7 Å². The molecule has 66 valence electrons. The fraction of sp³-hybridized carbons (Fsp3) is 1.00.